The first kappa shape index (κ1) is 16.3. The van der Waals surface area contributed by atoms with Gasteiger partial charge in [-0.1, -0.05) is 48.3 Å². The van der Waals surface area contributed by atoms with Crippen LogP contribution in [0.2, 0.25) is 10.0 Å². The Balaban J connectivity index is 1.99. The predicted octanol–water partition coefficient (Wildman–Crippen LogP) is 3.92. The predicted molar refractivity (Wildman–Crippen MR) is 82.7 cm³/mol. The smallest absolute Gasteiger partial charge is 0.229 e. The minimum Gasteiger partial charge on any atom is -0.393 e. The topological polar surface area (TPSA) is 59.2 Å². The average Bonchev–Trinajstić information content (AvgIpc) is 2.79. The summed E-state index contributed by atoms with van der Waals surface area (Å²) in [6.07, 6.45) is 1.09. The number of halogens is 2. The molecule has 1 N–H and O–H groups in total. The molecule has 0 aliphatic rings. The van der Waals surface area contributed by atoms with Crippen molar-refractivity contribution in [1.29, 1.82) is 0 Å². The Bertz CT molecular complexity index is 599. The Morgan fingerprint density at radius 3 is 2.71 bits per heavy atom. The summed E-state index contributed by atoms with van der Waals surface area (Å²) in [5.74, 6) is 1.42. The van der Waals surface area contributed by atoms with Gasteiger partial charge in [0.1, 0.15) is 0 Å². The maximum atomic E-state index is 9.88. The first-order valence-corrected chi connectivity index (χ1v) is 7.63. The Hall–Kier alpha value is -1.10. The van der Waals surface area contributed by atoms with Crippen molar-refractivity contribution in [3.05, 3.63) is 45.5 Å². The second kappa shape index (κ2) is 7.25. The van der Waals surface area contributed by atoms with E-state index in [1.807, 2.05) is 6.07 Å². The second-order valence-corrected chi connectivity index (χ2v) is 6.35. The Labute approximate surface area is 134 Å². The number of nitrogens with zero attached hydrogens (tertiary/aromatic N) is 2. The summed E-state index contributed by atoms with van der Waals surface area (Å²) < 4.78 is 5.16. The van der Waals surface area contributed by atoms with Crippen molar-refractivity contribution in [3.8, 4) is 0 Å². The number of aliphatic hydroxyl groups excluding tert-OH is 1. The molecule has 0 amide bonds. The Morgan fingerprint density at radius 1 is 1.29 bits per heavy atom. The monoisotopic (exact) mass is 328 g/mol. The van der Waals surface area contributed by atoms with Gasteiger partial charge in [0.2, 0.25) is 5.89 Å². The van der Waals surface area contributed by atoms with E-state index in [0.717, 1.165) is 5.56 Å². The zero-order chi connectivity index (χ0) is 15.4. The van der Waals surface area contributed by atoms with Crippen molar-refractivity contribution >= 4 is 23.2 Å². The number of aliphatic hydroxyl groups is 1. The van der Waals surface area contributed by atoms with E-state index in [2.05, 4.69) is 24.0 Å². The molecule has 4 nitrogen and oxygen atoms in total. The summed E-state index contributed by atoms with van der Waals surface area (Å²) >= 11 is 12.0. The lowest BCUT2D eigenvalue weighted by Gasteiger charge is -2.09. The van der Waals surface area contributed by atoms with Gasteiger partial charge in [0.25, 0.3) is 0 Å². The van der Waals surface area contributed by atoms with E-state index in [0.29, 0.717) is 46.9 Å². The normalized spacial score (nSPS) is 12.9. The highest BCUT2D eigenvalue weighted by Gasteiger charge is 2.14. The highest BCUT2D eigenvalue weighted by Crippen LogP contribution is 2.22. The highest BCUT2D eigenvalue weighted by molar-refractivity contribution is 6.35. The van der Waals surface area contributed by atoms with E-state index in [9.17, 15) is 5.11 Å². The fraction of sp³-hybridized carbons (Fsp3) is 0.467. The molecule has 21 heavy (non-hydrogen) atoms. The Kier molecular flexibility index (Phi) is 5.62. The van der Waals surface area contributed by atoms with Crippen molar-refractivity contribution in [3.63, 3.8) is 0 Å². The molecule has 0 spiro atoms. The summed E-state index contributed by atoms with van der Waals surface area (Å²) in [4.78, 5) is 4.29. The van der Waals surface area contributed by atoms with Gasteiger partial charge in [-0.2, -0.15) is 4.98 Å². The molecule has 1 unspecified atom stereocenters. The molecule has 2 aromatic rings. The molecule has 1 heterocycles. The van der Waals surface area contributed by atoms with Crippen LogP contribution in [-0.2, 0) is 12.8 Å². The summed E-state index contributed by atoms with van der Waals surface area (Å²) in [5, 5.41) is 15.0. The van der Waals surface area contributed by atoms with E-state index < -0.39 is 6.10 Å². The van der Waals surface area contributed by atoms with Gasteiger partial charge in [-0.05, 0) is 30.0 Å². The lowest BCUT2D eigenvalue weighted by atomic mass is 10.0. The minimum atomic E-state index is -0.461. The molecule has 6 heteroatoms. The molecule has 114 valence electrons. The quantitative estimate of drug-likeness (QED) is 0.873. The molecule has 1 aromatic carbocycles. The molecule has 0 saturated carbocycles. The first-order valence-electron chi connectivity index (χ1n) is 6.87. The first-order chi connectivity index (χ1) is 9.94. The number of benzene rings is 1. The molecule has 2 rings (SSSR count). The van der Waals surface area contributed by atoms with Gasteiger partial charge in [-0.3, -0.25) is 0 Å². The molecule has 0 bridgehead atoms. The average molecular weight is 329 g/mol. The summed E-state index contributed by atoms with van der Waals surface area (Å²) in [6, 6.07) is 5.30. The van der Waals surface area contributed by atoms with Crippen LogP contribution in [0, 0.1) is 5.92 Å². The third-order valence-electron chi connectivity index (χ3n) is 3.03. The van der Waals surface area contributed by atoms with Crippen LogP contribution in [0.25, 0.3) is 0 Å². The fourth-order valence-electron chi connectivity index (χ4n) is 2.11. The number of rotatable bonds is 6. The number of aromatic nitrogens is 2. The van der Waals surface area contributed by atoms with Crippen LogP contribution in [0.4, 0.5) is 0 Å². The van der Waals surface area contributed by atoms with Crippen LogP contribution < -0.4 is 0 Å². The molecular weight excluding hydrogens is 311 g/mol. The lowest BCUT2D eigenvalue weighted by Crippen LogP contribution is -2.13. The van der Waals surface area contributed by atoms with E-state index in [4.69, 9.17) is 27.7 Å². The van der Waals surface area contributed by atoms with Crippen LogP contribution in [-0.4, -0.2) is 21.4 Å². The van der Waals surface area contributed by atoms with Crippen LogP contribution in [0.1, 0.15) is 37.5 Å². The second-order valence-electron chi connectivity index (χ2n) is 5.50. The fourth-order valence-corrected chi connectivity index (χ4v) is 2.58. The van der Waals surface area contributed by atoms with E-state index in [1.54, 1.807) is 12.1 Å². The highest BCUT2D eigenvalue weighted by atomic mass is 35.5. The molecule has 0 aliphatic carbocycles. The number of hydrogen-bond donors (Lipinski definition) is 1. The van der Waals surface area contributed by atoms with E-state index in [1.165, 1.54) is 0 Å². The standard InChI is InChI=1S/C15H18Cl2N2O2/c1-9(2)5-12(20)8-15-18-14(19-21-15)6-10-3-4-11(16)7-13(10)17/h3-4,7,9,12,20H,5-6,8H2,1-2H3. The lowest BCUT2D eigenvalue weighted by molar-refractivity contribution is 0.138. The summed E-state index contributed by atoms with van der Waals surface area (Å²) in [6.45, 7) is 4.12. The van der Waals surface area contributed by atoms with E-state index in [-0.39, 0.29) is 0 Å². The summed E-state index contributed by atoms with van der Waals surface area (Å²) in [5.41, 5.74) is 0.885. The largest absolute Gasteiger partial charge is 0.393 e. The van der Waals surface area contributed by atoms with Gasteiger partial charge in [0, 0.05) is 16.5 Å². The molecule has 0 aliphatic heterocycles. The van der Waals surface area contributed by atoms with Gasteiger partial charge in [-0.25, -0.2) is 0 Å². The van der Waals surface area contributed by atoms with Crippen molar-refractivity contribution in [2.45, 2.75) is 39.2 Å². The van der Waals surface area contributed by atoms with Crippen LogP contribution in [0.15, 0.2) is 22.7 Å². The van der Waals surface area contributed by atoms with Gasteiger partial charge in [0.05, 0.1) is 12.5 Å². The van der Waals surface area contributed by atoms with Gasteiger partial charge >= 0.3 is 0 Å². The zero-order valence-electron chi connectivity index (χ0n) is 12.0. The molecule has 1 aromatic heterocycles. The Morgan fingerprint density at radius 2 is 2.05 bits per heavy atom. The van der Waals surface area contributed by atoms with Crippen LogP contribution in [0.3, 0.4) is 0 Å². The van der Waals surface area contributed by atoms with Crippen molar-refractivity contribution in [1.82, 2.24) is 10.1 Å². The van der Waals surface area contributed by atoms with Crippen molar-refractivity contribution in [2.75, 3.05) is 0 Å². The van der Waals surface area contributed by atoms with E-state index >= 15 is 0 Å². The maximum Gasteiger partial charge on any atom is 0.229 e. The SMILES string of the molecule is CC(C)CC(O)Cc1nc(Cc2ccc(Cl)cc2Cl)no1. The van der Waals surface area contributed by atoms with Gasteiger partial charge < -0.3 is 9.63 Å². The van der Waals surface area contributed by atoms with Gasteiger partial charge in [0.15, 0.2) is 5.82 Å². The van der Waals surface area contributed by atoms with Crippen molar-refractivity contribution < 1.29 is 9.63 Å². The number of hydrogen-bond acceptors (Lipinski definition) is 4. The van der Waals surface area contributed by atoms with Crippen LogP contribution >= 0.6 is 23.2 Å². The maximum absolute atomic E-state index is 9.88. The van der Waals surface area contributed by atoms with Crippen LogP contribution in [0.5, 0.6) is 0 Å². The molecule has 0 fully saturated rings. The summed E-state index contributed by atoms with van der Waals surface area (Å²) in [7, 11) is 0. The molecule has 1 atom stereocenters. The molecular formula is C15H18Cl2N2O2. The zero-order valence-corrected chi connectivity index (χ0v) is 13.5. The molecule has 0 saturated heterocycles. The van der Waals surface area contributed by atoms with Crippen molar-refractivity contribution in [2.24, 2.45) is 5.92 Å². The molecule has 0 radical (unpaired) electrons. The van der Waals surface area contributed by atoms with Gasteiger partial charge in [-0.15, -0.1) is 0 Å². The third-order valence-corrected chi connectivity index (χ3v) is 3.61. The minimum absolute atomic E-state index is 0.375. The third kappa shape index (κ3) is 4.99.